The summed E-state index contributed by atoms with van der Waals surface area (Å²) < 4.78 is 0. The summed E-state index contributed by atoms with van der Waals surface area (Å²) in [5, 5.41) is 20.4. The Bertz CT molecular complexity index is 952. The zero-order chi connectivity index (χ0) is 23.5. The summed E-state index contributed by atoms with van der Waals surface area (Å²) in [4.78, 5) is 41.5. The lowest BCUT2D eigenvalue weighted by molar-refractivity contribution is -0.134. The average Bonchev–Trinajstić information content (AvgIpc) is 3.56. The lowest BCUT2D eigenvalue weighted by atomic mass is 10.1. The molecule has 0 radical (unpaired) electrons. The van der Waals surface area contributed by atoms with Crippen LogP contribution in [0.5, 0.6) is 0 Å². The minimum absolute atomic E-state index is 0.0354. The van der Waals surface area contributed by atoms with Crippen LogP contribution in [0, 0.1) is 0 Å². The van der Waals surface area contributed by atoms with E-state index < -0.39 is 12.1 Å². The SMILES string of the molecule is O=C(O)N[C@@H](CCCCNC(=O)Cc1cccs1)C(=O)N(Cc1cccs1)Cc1cccs1. The smallest absolute Gasteiger partial charge is 0.405 e. The molecule has 3 aromatic heterocycles. The Hall–Kier alpha value is -2.69. The standard InChI is InChI=1S/C23H27N3O4S3/c27-21(14-17-6-3-11-31-17)24-10-2-1-9-20(25-23(29)30)22(28)26(15-18-7-4-12-32-18)16-19-8-5-13-33-19/h3-8,11-13,20,25H,1-2,9-10,14-16H2,(H,24,27)(H,29,30)/t20-/m0/s1. The highest BCUT2D eigenvalue weighted by Crippen LogP contribution is 2.19. The third kappa shape index (κ3) is 8.64. The molecule has 3 rings (SSSR count). The van der Waals surface area contributed by atoms with Gasteiger partial charge in [0, 0.05) is 21.2 Å². The first-order valence-corrected chi connectivity index (χ1v) is 13.3. The molecule has 1 atom stereocenters. The Morgan fingerprint density at radius 3 is 1.97 bits per heavy atom. The van der Waals surface area contributed by atoms with E-state index in [0.717, 1.165) is 14.6 Å². The van der Waals surface area contributed by atoms with Crippen LogP contribution in [0.15, 0.2) is 52.5 Å². The van der Waals surface area contributed by atoms with Crippen molar-refractivity contribution in [2.75, 3.05) is 6.54 Å². The van der Waals surface area contributed by atoms with Crippen LogP contribution >= 0.6 is 34.0 Å². The Morgan fingerprint density at radius 1 is 0.879 bits per heavy atom. The van der Waals surface area contributed by atoms with Crippen molar-refractivity contribution in [3.05, 3.63) is 67.2 Å². The second kappa shape index (κ2) is 13.1. The van der Waals surface area contributed by atoms with E-state index in [1.807, 2.05) is 52.5 Å². The fourth-order valence-electron chi connectivity index (χ4n) is 3.36. The first kappa shape index (κ1) is 24.9. The zero-order valence-electron chi connectivity index (χ0n) is 18.1. The predicted molar refractivity (Wildman–Crippen MR) is 133 cm³/mol. The van der Waals surface area contributed by atoms with Gasteiger partial charge in [0.15, 0.2) is 0 Å². The van der Waals surface area contributed by atoms with Crippen LogP contribution in [0.4, 0.5) is 4.79 Å². The van der Waals surface area contributed by atoms with Gasteiger partial charge >= 0.3 is 6.09 Å². The highest BCUT2D eigenvalue weighted by molar-refractivity contribution is 7.10. The minimum Gasteiger partial charge on any atom is -0.465 e. The van der Waals surface area contributed by atoms with Crippen molar-refractivity contribution in [1.82, 2.24) is 15.5 Å². The van der Waals surface area contributed by atoms with E-state index in [1.54, 1.807) is 38.9 Å². The van der Waals surface area contributed by atoms with Gasteiger partial charge in [0.25, 0.3) is 0 Å². The van der Waals surface area contributed by atoms with Crippen LogP contribution in [0.3, 0.4) is 0 Å². The molecule has 0 aliphatic carbocycles. The van der Waals surface area contributed by atoms with E-state index >= 15 is 0 Å². The predicted octanol–water partition coefficient (Wildman–Crippen LogP) is 4.57. The molecule has 0 unspecified atom stereocenters. The molecule has 10 heteroatoms. The summed E-state index contributed by atoms with van der Waals surface area (Å²) in [6.45, 7) is 1.36. The van der Waals surface area contributed by atoms with Crippen molar-refractivity contribution < 1.29 is 19.5 Å². The number of nitrogens with one attached hydrogen (secondary N) is 2. The normalized spacial score (nSPS) is 11.6. The largest absolute Gasteiger partial charge is 0.465 e. The molecular formula is C23H27N3O4S3. The minimum atomic E-state index is -1.22. The number of rotatable bonds is 13. The maximum atomic E-state index is 13.3. The van der Waals surface area contributed by atoms with Crippen molar-refractivity contribution in [2.45, 2.75) is 44.8 Å². The molecule has 0 aromatic carbocycles. The molecular weight excluding hydrogens is 478 g/mol. The molecule has 3 aromatic rings. The topological polar surface area (TPSA) is 98.7 Å². The van der Waals surface area contributed by atoms with Crippen LogP contribution in [0.25, 0.3) is 0 Å². The van der Waals surface area contributed by atoms with Gasteiger partial charge in [-0.25, -0.2) is 4.79 Å². The van der Waals surface area contributed by atoms with Gasteiger partial charge in [-0.15, -0.1) is 34.0 Å². The van der Waals surface area contributed by atoms with E-state index in [1.165, 1.54) is 0 Å². The fourth-order valence-corrected chi connectivity index (χ4v) is 5.50. The Kier molecular flexibility index (Phi) is 9.92. The zero-order valence-corrected chi connectivity index (χ0v) is 20.5. The highest BCUT2D eigenvalue weighted by Gasteiger charge is 2.26. The van der Waals surface area contributed by atoms with E-state index in [4.69, 9.17) is 0 Å². The maximum absolute atomic E-state index is 13.3. The number of carboxylic acid groups (broad SMARTS) is 1. The number of carbonyl (C=O) groups is 3. The van der Waals surface area contributed by atoms with Gasteiger partial charge in [-0.2, -0.15) is 0 Å². The highest BCUT2D eigenvalue weighted by atomic mass is 32.1. The third-order valence-electron chi connectivity index (χ3n) is 4.92. The van der Waals surface area contributed by atoms with Gasteiger partial charge < -0.3 is 20.6 Å². The Morgan fingerprint density at radius 2 is 1.45 bits per heavy atom. The number of thiophene rings is 3. The van der Waals surface area contributed by atoms with Crippen LogP contribution < -0.4 is 10.6 Å². The molecule has 176 valence electrons. The first-order chi connectivity index (χ1) is 16.0. The van der Waals surface area contributed by atoms with Crippen LogP contribution in [0.1, 0.15) is 33.9 Å². The quantitative estimate of drug-likeness (QED) is 0.297. The lowest BCUT2D eigenvalue weighted by Gasteiger charge is -2.27. The van der Waals surface area contributed by atoms with E-state index in [0.29, 0.717) is 45.3 Å². The monoisotopic (exact) mass is 505 g/mol. The molecule has 0 saturated carbocycles. The first-order valence-electron chi connectivity index (χ1n) is 10.6. The van der Waals surface area contributed by atoms with E-state index in [-0.39, 0.29) is 11.8 Å². The summed E-state index contributed by atoms with van der Waals surface area (Å²) >= 11 is 4.68. The number of unbranched alkanes of at least 4 members (excludes halogenated alkanes) is 1. The molecule has 3 amide bonds. The summed E-state index contributed by atoms with van der Waals surface area (Å²) in [6.07, 6.45) is 0.792. The third-order valence-corrected chi connectivity index (χ3v) is 7.52. The fraction of sp³-hybridized carbons (Fsp3) is 0.348. The second-order valence-electron chi connectivity index (χ2n) is 7.46. The molecule has 33 heavy (non-hydrogen) atoms. The summed E-state index contributed by atoms with van der Waals surface area (Å²) in [7, 11) is 0. The average molecular weight is 506 g/mol. The van der Waals surface area contributed by atoms with Gasteiger partial charge in [0.2, 0.25) is 11.8 Å². The lowest BCUT2D eigenvalue weighted by Crippen LogP contribution is -2.47. The molecule has 7 nitrogen and oxygen atoms in total. The molecule has 3 heterocycles. The van der Waals surface area contributed by atoms with Crippen LogP contribution in [0.2, 0.25) is 0 Å². The number of hydrogen-bond acceptors (Lipinski definition) is 6. The molecule has 0 spiro atoms. The van der Waals surface area contributed by atoms with Crippen LogP contribution in [-0.2, 0) is 29.1 Å². The summed E-state index contributed by atoms with van der Waals surface area (Å²) in [5.74, 6) is -0.271. The molecule has 3 N–H and O–H groups in total. The Labute approximate surface area is 205 Å². The molecule has 0 saturated heterocycles. The molecule has 0 aliphatic heterocycles. The molecule has 0 aliphatic rings. The number of amides is 3. The van der Waals surface area contributed by atoms with Crippen LogP contribution in [-0.4, -0.2) is 40.5 Å². The molecule has 0 fully saturated rings. The van der Waals surface area contributed by atoms with Crippen molar-refractivity contribution in [3.8, 4) is 0 Å². The number of carbonyl (C=O) groups excluding carboxylic acids is 2. The second-order valence-corrected chi connectivity index (χ2v) is 10.6. The van der Waals surface area contributed by atoms with Crippen molar-refractivity contribution in [3.63, 3.8) is 0 Å². The van der Waals surface area contributed by atoms with Crippen molar-refractivity contribution in [1.29, 1.82) is 0 Å². The van der Waals surface area contributed by atoms with Gasteiger partial charge in [-0.05, 0) is 53.6 Å². The Balaban J connectivity index is 1.52. The van der Waals surface area contributed by atoms with Crippen molar-refractivity contribution >= 4 is 51.9 Å². The van der Waals surface area contributed by atoms with Gasteiger partial charge in [0.1, 0.15) is 6.04 Å². The number of hydrogen-bond donors (Lipinski definition) is 3. The van der Waals surface area contributed by atoms with Crippen molar-refractivity contribution in [2.24, 2.45) is 0 Å². The van der Waals surface area contributed by atoms with E-state index in [2.05, 4.69) is 10.6 Å². The molecule has 0 bridgehead atoms. The number of nitrogens with zero attached hydrogens (tertiary/aromatic N) is 1. The van der Waals surface area contributed by atoms with Gasteiger partial charge in [-0.1, -0.05) is 18.2 Å². The summed E-state index contributed by atoms with van der Waals surface area (Å²) in [5.41, 5.74) is 0. The van der Waals surface area contributed by atoms with Gasteiger partial charge in [-0.3, -0.25) is 9.59 Å². The summed E-state index contributed by atoms with van der Waals surface area (Å²) in [6, 6.07) is 10.8. The van der Waals surface area contributed by atoms with Gasteiger partial charge in [0.05, 0.1) is 19.5 Å². The van der Waals surface area contributed by atoms with E-state index in [9.17, 15) is 19.5 Å². The maximum Gasteiger partial charge on any atom is 0.405 e.